The highest BCUT2D eigenvalue weighted by atomic mass is 79.9. The van der Waals surface area contributed by atoms with Crippen LogP contribution in [0.3, 0.4) is 0 Å². The molecule has 3 nitrogen and oxygen atoms in total. The molecule has 108 valence electrons. The molecule has 0 heterocycles. The second kappa shape index (κ2) is 7.09. The molecule has 0 amide bonds. The lowest BCUT2D eigenvalue weighted by atomic mass is 10.1. The number of hydrogen-bond acceptors (Lipinski definition) is 3. The largest absolute Gasteiger partial charge is 0.495 e. The van der Waals surface area contributed by atoms with Crippen molar-refractivity contribution in [1.82, 2.24) is 0 Å². The number of methoxy groups -OCH3 is 2. The zero-order valence-electron chi connectivity index (χ0n) is 11.8. The molecule has 0 aliphatic carbocycles. The van der Waals surface area contributed by atoms with Crippen LogP contribution in [-0.2, 0) is 0 Å². The lowest BCUT2D eigenvalue weighted by Crippen LogP contribution is -1.94. The molecule has 0 fully saturated rings. The van der Waals surface area contributed by atoms with Gasteiger partial charge in [-0.3, -0.25) is 4.79 Å². The van der Waals surface area contributed by atoms with Gasteiger partial charge >= 0.3 is 0 Å². The van der Waals surface area contributed by atoms with E-state index in [1.54, 1.807) is 32.4 Å². The molecule has 21 heavy (non-hydrogen) atoms. The molecule has 4 heteroatoms. The first-order chi connectivity index (χ1) is 10.2. The SMILES string of the molecule is COc1cc(/C=C/C(=O)c2ccccc2)cc(OC)c1Br. The van der Waals surface area contributed by atoms with E-state index in [0.29, 0.717) is 17.1 Å². The zero-order valence-corrected chi connectivity index (χ0v) is 13.4. The fraction of sp³-hybridized carbons (Fsp3) is 0.118. The molecule has 2 aromatic carbocycles. The minimum Gasteiger partial charge on any atom is -0.495 e. The van der Waals surface area contributed by atoms with Crippen molar-refractivity contribution in [3.63, 3.8) is 0 Å². The molecule has 2 rings (SSSR count). The van der Waals surface area contributed by atoms with Gasteiger partial charge in [0.1, 0.15) is 16.0 Å². The van der Waals surface area contributed by atoms with Crippen LogP contribution in [0.15, 0.2) is 53.0 Å². The third kappa shape index (κ3) is 3.73. The van der Waals surface area contributed by atoms with Crippen LogP contribution in [0.4, 0.5) is 0 Å². The number of allylic oxidation sites excluding steroid dienone is 1. The molecule has 0 radical (unpaired) electrons. The van der Waals surface area contributed by atoms with Crippen LogP contribution in [-0.4, -0.2) is 20.0 Å². The molecule has 0 unspecified atom stereocenters. The van der Waals surface area contributed by atoms with E-state index in [0.717, 1.165) is 10.0 Å². The Kier molecular flexibility index (Phi) is 5.17. The standard InChI is InChI=1S/C17H15BrO3/c1-20-15-10-12(11-16(21-2)17(15)18)8-9-14(19)13-6-4-3-5-7-13/h3-11H,1-2H3/b9-8+. The van der Waals surface area contributed by atoms with E-state index in [2.05, 4.69) is 15.9 Å². The zero-order chi connectivity index (χ0) is 15.2. The van der Waals surface area contributed by atoms with E-state index in [9.17, 15) is 4.79 Å². The van der Waals surface area contributed by atoms with Gasteiger partial charge in [0.25, 0.3) is 0 Å². The molecule has 0 saturated heterocycles. The molecule has 0 N–H and O–H groups in total. The summed E-state index contributed by atoms with van der Waals surface area (Å²) in [6.45, 7) is 0. The van der Waals surface area contributed by atoms with Crippen LogP contribution >= 0.6 is 15.9 Å². The molecule has 0 spiro atoms. The molecule has 0 aliphatic heterocycles. The van der Waals surface area contributed by atoms with E-state index in [4.69, 9.17) is 9.47 Å². The van der Waals surface area contributed by atoms with Crippen molar-refractivity contribution >= 4 is 27.8 Å². The number of ether oxygens (including phenoxy) is 2. The summed E-state index contributed by atoms with van der Waals surface area (Å²) in [6.07, 6.45) is 3.28. The molecule has 0 atom stereocenters. The van der Waals surface area contributed by atoms with Gasteiger partial charge in [0.2, 0.25) is 0 Å². The van der Waals surface area contributed by atoms with Gasteiger partial charge in [0.15, 0.2) is 5.78 Å². The number of ketones is 1. The molecule has 0 bridgehead atoms. The van der Waals surface area contributed by atoms with Gasteiger partial charge in [0.05, 0.1) is 14.2 Å². The Hall–Kier alpha value is -2.07. The number of carbonyl (C=O) groups excluding carboxylic acids is 1. The molecule has 0 aliphatic rings. The summed E-state index contributed by atoms with van der Waals surface area (Å²) < 4.78 is 11.3. The van der Waals surface area contributed by atoms with Gasteiger partial charge in [-0.05, 0) is 39.7 Å². The Labute approximate surface area is 132 Å². The van der Waals surface area contributed by atoms with Gasteiger partial charge in [0, 0.05) is 5.56 Å². The van der Waals surface area contributed by atoms with Crippen LogP contribution in [0.5, 0.6) is 11.5 Å². The highest BCUT2D eigenvalue weighted by Gasteiger charge is 2.09. The number of hydrogen-bond donors (Lipinski definition) is 0. The maximum absolute atomic E-state index is 12.0. The maximum atomic E-state index is 12.0. The summed E-state index contributed by atoms with van der Waals surface area (Å²) in [5.74, 6) is 1.26. The number of halogens is 1. The highest BCUT2D eigenvalue weighted by molar-refractivity contribution is 9.10. The van der Waals surface area contributed by atoms with Crippen LogP contribution in [0, 0.1) is 0 Å². The minimum atomic E-state index is -0.0450. The van der Waals surface area contributed by atoms with E-state index in [-0.39, 0.29) is 5.78 Å². The predicted molar refractivity (Wildman–Crippen MR) is 87.1 cm³/mol. The van der Waals surface area contributed by atoms with Crippen molar-refractivity contribution in [3.05, 3.63) is 64.1 Å². The molecule has 0 saturated carbocycles. The van der Waals surface area contributed by atoms with E-state index in [1.807, 2.05) is 30.3 Å². The summed E-state index contributed by atoms with van der Waals surface area (Å²) in [6, 6.07) is 12.8. The third-order valence-electron chi connectivity index (χ3n) is 2.95. The lowest BCUT2D eigenvalue weighted by molar-refractivity contribution is 0.104. The average Bonchev–Trinajstić information content (AvgIpc) is 2.54. The van der Waals surface area contributed by atoms with Crippen LogP contribution < -0.4 is 9.47 Å². The van der Waals surface area contributed by atoms with Crippen LogP contribution in [0.25, 0.3) is 6.08 Å². The topological polar surface area (TPSA) is 35.5 Å². The van der Waals surface area contributed by atoms with E-state index in [1.165, 1.54) is 6.08 Å². The smallest absolute Gasteiger partial charge is 0.185 e. The first-order valence-electron chi connectivity index (χ1n) is 6.34. The highest BCUT2D eigenvalue weighted by Crippen LogP contribution is 2.35. The molecule has 0 aromatic heterocycles. The summed E-state index contributed by atoms with van der Waals surface area (Å²) in [5.41, 5.74) is 1.49. The summed E-state index contributed by atoms with van der Waals surface area (Å²) in [5, 5.41) is 0. The summed E-state index contributed by atoms with van der Waals surface area (Å²) in [7, 11) is 3.17. The Morgan fingerprint density at radius 1 is 1.05 bits per heavy atom. The average molecular weight is 347 g/mol. The Balaban J connectivity index is 2.27. The number of benzene rings is 2. The van der Waals surface area contributed by atoms with Gasteiger partial charge in [-0.15, -0.1) is 0 Å². The maximum Gasteiger partial charge on any atom is 0.185 e. The lowest BCUT2D eigenvalue weighted by Gasteiger charge is -2.09. The van der Waals surface area contributed by atoms with Gasteiger partial charge in [-0.25, -0.2) is 0 Å². The van der Waals surface area contributed by atoms with Gasteiger partial charge in [-0.2, -0.15) is 0 Å². The van der Waals surface area contributed by atoms with Crippen molar-refractivity contribution in [1.29, 1.82) is 0 Å². The van der Waals surface area contributed by atoms with Gasteiger partial charge < -0.3 is 9.47 Å². The van der Waals surface area contributed by atoms with Crippen molar-refractivity contribution in [3.8, 4) is 11.5 Å². The molecule has 2 aromatic rings. The minimum absolute atomic E-state index is 0.0450. The van der Waals surface area contributed by atoms with Crippen LogP contribution in [0.2, 0.25) is 0 Å². The third-order valence-corrected chi connectivity index (χ3v) is 3.74. The second-order valence-electron chi connectivity index (χ2n) is 4.30. The normalized spacial score (nSPS) is 10.6. The van der Waals surface area contributed by atoms with Crippen LogP contribution in [0.1, 0.15) is 15.9 Å². The molecular formula is C17H15BrO3. The predicted octanol–water partition coefficient (Wildman–Crippen LogP) is 4.36. The number of rotatable bonds is 5. The van der Waals surface area contributed by atoms with Crippen molar-refractivity contribution in [2.45, 2.75) is 0 Å². The summed E-state index contributed by atoms with van der Waals surface area (Å²) >= 11 is 3.41. The van der Waals surface area contributed by atoms with Crippen molar-refractivity contribution in [2.24, 2.45) is 0 Å². The Morgan fingerprint density at radius 3 is 2.14 bits per heavy atom. The summed E-state index contributed by atoms with van der Waals surface area (Å²) in [4.78, 5) is 12.0. The van der Waals surface area contributed by atoms with Crippen molar-refractivity contribution < 1.29 is 14.3 Å². The van der Waals surface area contributed by atoms with E-state index >= 15 is 0 Å². The van der Waals surface area contributed by atoms with E-state index < -0.39 is 0 Å². The second-order valence-corrected chi connectivity index (χ2v) is 5.10. The first-order valence-corrected chi connectivity index (χ1v) is 7.14. The number of carbonyl (C=O) groups is 1. The molecular weight excluding hydrogens is 332 g/mol. The van der Waals surface area contributed by atoms with Gasteiger partial charge in [-0.1, -0.05) is 36.4 Å². The first kappa shape index (κ1) is 15.3. The Bertz CT molecular complexity index is 638. The Morgan fingerprint density at radius 2 is 1.62 bits per heavy atom. The fourth-order valence-corrected chi connectivity index (χ4v) is 2.41. The fourth-order valence-electron chi connectivity index (χ4n) is 1.86. The quantitative estimate of drug-likeness (QED) is 0.595. The monoisotopic (exact) mass is 346 g/mol. The van der Waals surface area contributed by atoms with Crippen molar-refractivity contribution in [2.75, 3.05) is 14.2 Å².